The first-order valence-corrected chi connectivity index (χ1v) is 11.3. The number of halogens is 1. The van der Waals surface area contributed by atoms with Crippen LogP contribution in [0.5, 0.6) is 5.88 Å². The quantitative estimate of drug-likeness (QED) is 0.608. The highest BCUT2D eigenvalue weighted by molar-refractivity contribution is 5.73. The molecule has 2 aromatic heterocycles. The molecule has 0 saturated carbocycles. The van der Waals surface area contributed by atoms with Crippen molar-refractivity contribution in [1.82, 2.24) is 30.4 Å². The Bertz CT molecular complexity index is 1160. The summed E-state index contributed by atoms with van der Waals surface area (Å²) in [5.74, 6) is 0.298. The van der Waals surface area contributed by atoms with Crippen LogP contribution in [0, 0.1) is 5.82 Å². The van der Waals surface area contributed by atoms with Crippen molar-refractivity contribution in [3.63, 3.8) is 0 Å². The predicted molar refractivity (Wildman–Crippen MR) is 118 cm³/mol. The van der Waals surface area contributed by atoms with Gasteiger partial charge in [-0.3, -0.25) is 4.79 Å². The molecule has 32 heavy (non-hydrogen) atoms. The normalized spacial score (nSPS) is 17.3. The number of aromatic amines is 1. The van der Waals surface area contributed by atoms with Crippen LogP contribution in [0.25, 0.3) is 11.0 Å². The Balaban J connectivity index is 1.10. The molecule has 3 aromatic rings. The van der Waals surface area contributed by atoms with Gasteiger partial charge in [-0.25, -0.2) is 9.37 Å². The van der Waals surface area contributed by atoms with Gasteiger partial charge in [0.15, 0.2) is 0 Å². The summed E-state index contributed by atoms with van der Waals surface area (Å²) in [4.78, 5) is 21.8. The van der Waals surface area contributed by atoms with Crippen LogP contribution in [0.2, 0.25) is 0 Å². The van der Waals surface area contributed by atoms with E-state index < -0.39 is 0 Å². The lowest BCUT2D eigenvalue weighted by atomic mass is 10.0. The first-order chi connectivity index (χ1) is 15.6. The molecule has 168 valence electrons. The third kappa shape index (κ3) is 4.78. The van der Waals surface area contributed by atoms with E-state index in [2.05, 4.69) is 36.4 Å². The predicted octanol–water partition coefficient (Wildman–Crippen LogP) is 1.97. The zero-order chi connectivity index (χ0) is 21.9. The third-order valence-electron chi connectivity index (χ3n) is 6.26. The summed E-state index contributed by atoms with van der Waals surface area (Å²) in [6.07, 6.45) is 4.70. The number of benzene rings is 1. The topological polar surface area (TPSA) is 96.0 Å². The lowest BCUT2D eigenvalue weighted by Gasteiger charge is -2.32. The average Bonchev–Trinajstić information content (AvgIpc) is 2.82. The highest BCUT2D eigenvalue weighted by Crippen LogP contribution is 2.21. The number of piperidine rings is 1. The van der Waals surface area contributed by atoms with Gasteiger partial charge in [-0.05, 0) is 63.0 Å². The Morgan fingerprint density at radius 3 is 2.97 bits per heavy atom. The van der Waals surface area contributed by atoms with Gasteiger partial charge in [-0.1, -0.05) is 0 Å². The van der Waals surface area contributed by atoms with E-state index >= 15 is 0 Å². The maximum absolute atomic E-state index is 13.3. The van der Waals surface area contributed by atoms with E-state index in [-0.39, 0.29) is 11.4 Å². The molecular weight excluding hydrogens is 411 g/mol. The second-order valence-electron chi connectivity index (χ2n) is 8.54. The Kier molecular flexibility index (Phi) is 6.09. The summed E-state index contributed by atoms with van der Waals surface area (Å²) in [6.45, 7) is 4.16. The van der Waals surface area contributed by atoms with Crippen molar-refractivity contribution in [3.05, 3.63) is 57.4 Å². The fourth-order valence-corrected chi connectivity index (χ4v) is 4.42. The number of rotatable bonds is 6. The molecular formula is C23H27FN6O2. The summed E-state index contributed by atoms with van der Waals surface area (Å²) >= 11 is 0. The molecule has 0 spiro atoms. The van der Waals surface area contributed by atoms with Crippen molar-refractivity contribution in [1.29, 1.82) is 0 Å². The molecule has 0 aliphatic carbocycles. The van der Waals surface area contributed by atoms with Gasteiger partial charge in [0, 0.05) is 31.1 Å². The molecule has 0 radical (unpaired) electrons. The van der Waals surface area contributed by atoms with Crippen LogP contribution in [0.4, 0.5) is 4.39 Å². The smallest absolute Gasteiger partial charge is 0.270 e. The van der Waals surface area contributed by atoms with Crippen LogP contribution in [0.1, 0.15) is 36.2 Å². The monoisotopic (exact) mass is 438 g/mol. The van der Waals surface area contributed by atoms with Gasteiger partial charge in [0.25, 0.3) is 5.56 Å². The minimum Gasteiger partial charge on any atom is -0.476 e. The highest BCUT2D eigenvalue weighted by atomic mass is 19.1. The molecule has 2 aliphatic heterocycles. The molecule has 0 atom stereocenters. The van der Waals surface area contributed by atoms with Gasteiger partial charge in [-0.2, -0.15) is 5.10 Å². The number of aromatic nitrogens is 4. The Morgan fingerprint density at radius 1 is 1.22 bits per heavy atom. The largest absolute Gasteiger partial charge is 0.476 e. The SMILES string of the molecule is O=c1[nH]c2cc(F)ccc2nc1CCN1CCC(NCc2cc3c(nn2)OCCC3)CC1. The van der Waals surface area contributed by atoms with Gasteiger partial charge in [-0.15, -0.1) is 5.10 Å². The van der Waals surface area contributed by atoms with Gasteiger partial charge in [0.1, 0.15) is 11.5 Å². The minimum atomic E-state index is -0.383. The third-order valence-corrected chi connectivity index (χ3v) is 6.26. The summed E-state index contributed by atoms with van der Waals surface area (Å²) in [5.41, 5.74) is 3.41. The number of nitrogens with one attached hydrogen (secondary N) is 2. The number of hydrogen-bond donors (Lipinski definition) is 2. The van der Waals surface area contributed by atoms with E-state index in [9.17, 15) is 9.18 Å². The Morgan fingerprint density at radius 2 is 2.09 bits per heavy atom. The molecule has 1 aromatic carbocycles. The van der Waals surface area contributed by atoms with Gasteiger partial charge >= 0.3 is 0 Å². The number of likely N-dealkylation sites (tertiary alicyclic amines) is 1. The number of fused-ring (bicyclic) bond motifs is 2. The molecule has 0 amide bonds. The fourth-order valence-electron chi connectivity index (χ4n) is 4.42. The molecule has 9 heteroatoms. The van der Waals surface area contributed by atoms with Crippen LogP contribution in [0.3, 0.4) is 0 Å². The number of aryl methyl sites for hydroxylation is 1. The Hall–Kier alpha value is -2.91. The summed E-state index contributed by atoms with van der Waals surface area (Å²) in [7, 11) is 0. The van der Waals surface area contributed by atoms with Gasteiger partial charge in [0.2, 0.25) is 5.88 Å². The van der Waals surface area contributed by atoms with E-state index in [1.54, 1.807) is 6.07 Å². The molecule has 2 N–H and O–H groups in total. The molecule has 1 saturated heterocycles. The number of hydrogen-bond acceptors (Lipinski definition) is 7. The van der Waals surface area contributed by atoms with Crippen LogP contribution >= 0.6 is 0 Å². The molecule has 1 fully saturated rings. The zero-order valence-electron chi connectivity index (χ0n) is 17.9. The highest BCUT2D eigenvalue weighted by Gasteiger charge is 2.20. The minimum absolute atomic E-state index is 0.240. The van der Waals surface area contributed by atoms with E-state index in [0.717, 1.165) is 63.2 Å². The molecule has 8 nitrogen and oxygen atoms in total. The molecule has 2 aliphatic rings. The standard InChI is InChI=1S/C23H27FN6O2/c24-16-3-4-19-21(13-16)27-22(31)20(26-19)7-10-30-8-5-17(6-9-30)25-14-18-12-15-2-1-11-32-23(15)29-28-18/h3-4,12-13,17,25H,1-2,5-11,14H2,(H,27,31). The molecule has 0 unspecified atom stereocenters. The second-order valence-corrected chi connectivity index (χ2v) is 8.54. The van der Waals surface area contributed by atoms with Crippen LogP contribution in [0.15, 0.2) is 29.1 Å². The lowest BCUT2D eigenvalue weighted by molar-refractivity contribution is 0.198. The second kappa shape index (κ2) is 9.30. The summed E-state index contributed by atoms with van der Waals surface area (Å²) in [6, 6.07) is 6.80. The van der Waals surface area contributed by atoms with Crippen molar-refractivity contribution in [3.8, 4) is 5.88 Å². The van der Waals surface area contributed by atoms with E-state index in [0.29, 0.717) is 41.6 Å². The maximum atomic E-state index is 13.3. The molecule has 0 bridgehead atoms. The number of ether oxygens (including phenoxy) is 1. The average molecular weight is 439 g/mol. The summed E-state index contributed by atoms with van der Waals surface area (Å²) < 4.78 is 18.9. The van der Waals surface area contributed by atoms with Crippen LogP contribution in [-0.4, -0.2) is 57.3 Å². The van der Waals surface area contributed by atoms with E-state index in [1.165, 1.54) is 12.1 Å². The van der Waals surface area contributed by atoms with Gasteiger partial charge < -0.3 is 19.9 Å². The first-order valence-electron chi connectivity index (χ1n) is 11.3. The first kappa shape index (κ1) is 21.0. The van der Waals surface area contributed by atoms with E-state index in [1.807, 2.05) is 0 Å². The van der Waals surface area contributed by atoms with Crippen molar-refractivity contribution < 1.29 is 9.13 Å². The number of nitrogens with zero attached hydrogens (tertiary/aromatic N) is 4. The van der Waals surface area contributed by atoms with Crippen molar-refractivity contribution in [2.75, 3.05) is 26.2 Å². The zero-order valence-corrected chi connectivity index (χ0v) is 17.9. The van der Waals surface area contributed by atoms with E-state index in [4.69, 9.17) is 4.74 Å². The van der Waals surface area contributed by atoms with Crippen molar-refractivity contribution in [2.24, 2.45) is 0 Å². The Labute approximate surface area is 185 Å². The summed E-state index contributed by atoms with van der Waals surface area (Å²) in [5, 5.41) is 12.1. The van der Waals surface area contributed by atoms with Crippen molar-refractivity contribution >= 4 is 11.0 Å². The maximum Gasteiger partial charge on any atom is 0.270 e. The van der Waals surface area contributed by atoms with Gasteiger partial charge in [0.05, 0.1) is 23.3 Å². The molecule has 4 heterocycles. The molecule has 5 rings (SSSR count). The van der Waals surface area contributed by atoms with Crippen LogP contribution < -0.4 is 15.6 Å². The van der Waals surface area contributed by atoms with Crippen molar-refractivity contribution in [2.45, 2.75) is 44.7 Å². The lowest BCUT2D eigenvalue weighted by Crippen LogP contribution is -2.43. The number of H-pyrrole nitrogens is 1. The van der Waals surface area contributed by atoms with Crippen LogP contribution in [-0.2, 0) is 19.4 Å². The fraction of sp³-hybridized carbons (Fsp3) is 0.478.